The number of carboxylic acid groups (broad SMARTS) is 1. The van der Waals surface area contributed by atoms with Crippen molar-refractivity contribution in [1.82, 2.24) is 5.32 Å². The van der Waals surface area contributed by atoms with Crippen molar-refractivity contribution in [2.24, 2.45) is 5.92 Å². The predicted molar refractivity (Wildman–Crippen MR) is 79.1 cm³/mol. The third kappa shape index (κ3) is 4.82. The summed E-state index contributed by atoms with van der Waals surface area (Å²) >= 11 is 3.13. The Labute approximate surface area is 129 Å². The van der Waals surface area contributed by atoms with Crippen LogP contribution in [0.2, 0.25) is 0 Å². The number of aliphatic carboxylic acids is 1. The van der Waals surface area contributed by atoms with Gasteiger partial charge in [0.2, 0.25) is 0 Å². The molecule has 7 nitrogen and oxygen atoms in total. The van der Waals surface area contributed by atoms with Crippen molar-refractivity contribution in [3.05, 3.63) is 38.3 Å². The third-order valence-electron chi connectivity index (χ3n) is 2.72. The lowest BCUT2D eigenvalue weighted by Crippen LogP contribution is -2.41. The molecule has 0 aliphatic carbocycles. The summed E-state index contributed by atoms with van der Waals surface area (Å²) in [5, 5.41) is 22.2. The average molecular weight is 359 g/mol. The number of carbonyl (C=O) groups is 2. The number of nitro groups is 1. The molecule has 0 saturated carbocycles. The zero-order valence-electron chi connectivity index (χ0n) is 11.5. The van der Waals surface area contributed by atoms with E-state index in [0.29, 0.717) is 4.47 Å². The van der Waals surface area contributed by atoms with E-state index in [0.717, 1.165) is 6.07 Å². The van der Waals surface area contributed by atoms with E-state index in [4.69, 9.17) is 5.11 Å². The van der Waals surface area contributed by atoms with Crippen LogP contribution in [0.1, 0.15) is 30.6 Å². The van der Waals surface area contributed by atoms with Crippen molar-refractivity contribution < 1.29 is 19.6 Å². The summed E-state index contributed by atoms with van der Waals surface area (Å²) in [6, 6.07) is 2.70. The van der Waals surface area contributed by atoms with Gasteiger partial charge in [-0.25, -0.2) is 4.79 Å². The zero-order valence-corrected chi connectivity index (χ0v) is 13.1. The van der Waals surface area contributed by atoms with Crippen LogP contribution >= 0.6 is 15.9 Å². The van der Waals surface area contributed by atoms with E-state index in [1.165, 1.54) is 12.1 Å². The molecule has 114 valence electrons. The lowest BCUT2D eigenvalue weighted by molar-refractivity contribution is -0.384. The number of nitrogens with zero attached hydrogens (tertiary/aromatic N) is 1. The van der Waals surface area contributed by atoms with E-state index in [1.807, 2.05) is 13.8 Å². The smallest absolute Gasteiger partial charge is 0.326 e. The summed E-state index contributed by atoms with van der Waals surface area (Å²) in [5.74, 6) is -1.72. The van der Waals surface area contributed by atoms with E-state index >= 15 is 0 Å². The highest BCUT2D eigenvalue weighted by Gasteiger charge is 2.23. The van der Waals surface area contributed by atoms with Gasteiger partial charge < -0.3 is 10.4 Å². The summed E-state index contributed by atoms with van der Waals surface area (Å²) in [5.41, 5.74) is -0.210. The highest BCUT2D eigenvalue weighted by molar-refractivity contribution is 9.10. The molecular weight excluding hydrogens is 344 g/mol. The van der Waals surface area contributed by atoms with E-state index in [1.54, 1.807) is 0 Å². The lowest BCUT2D eigenvalue weighted by atomic mass is 10.0. The van der Waals surface area contributed by atoms with Crippen LogP contribution in [0.25, 0.3) is 0 Å². The Balaban J connectivity index is 2.99. The Morgan fingerprint density at radius 1 is 1.43 bits per heavy atom. The van der Waals surface area contributed by atoms with Crippen molar-refractivity contribution in [2.75, 3.05) is 0 Å². The first-order valence-electron chi connectivity index (χ1n) is 6.20. The summed E-state index contributed by atoms with van der Waals surface area (Å²) in [7, 11) is 0. The number of nitro benzene ring substituents is 1. The van der Waals surface area contributed by atoms with E-state index < -0.39 is 22.8 Å². The Kier molecular flexibility index (Phi) is 5.83. The molecule has 1 rings (SSSR count). The SMILES string of the molecule is CC(C)C[C@H](NC(=O)c1cc([N+](=O)[O-])ccc1Br)C(=O)O. The fourth-order valence-electron chi connectivity index (χ4n) is 1.73. The Hall–Kier alpha value is -1.96. The largest absolute Gasteiger partial charge is 0.480 e. The van der Waals surface area contributed by atoms with Gasteiger partial charge in [0.05, 0.1) is 10.5 Å². The Morgan fingerprint density at radius 3 is 2.52 bits per heavy atom. The fourth-order valence-corrected chi connectivity index (χ4v) is 2.16. The van der Waals surface area contributed by atoms with E-state index in [2.05, 4.69) is 21.2 Å². The van der Waals surface area contributed by atoms with Gasteiger partial charge in [-0.2, -0.15) is 0 Å². The van der Waals surface area contributed by atoms with Crippen molar-refractivity contribution >= 4 is 33.5 Å². The van der Waals surface area contributed by atoms with Gasteiger partial charge in [0, 0.05) is 16.6 Å². The summed E-state index contributed by atoms with van der Waals surface area (Å²) in [4.78, 5) is 33.3. The second-order valence-corrected chi connectivity index (χ2v) is 5.77. The molecule has 21 heavy (non-hydrogen) atoms. The van der Waals surface area contributed by atoms with Crippen LogP contribution in [0, 0.1) is 16.0 Å². The van der Waals surface area contributed by atoms with Crippen LogP contribution in [-0.2, 0) is 4.79 Å². The standard InChI is InChI=1S/C13H15BrN2O5/c1-7(2)5-11(13(18)19)15-12(17)9-6-8(16(20)21)3-4-10(9)14/h3-4,6-7,11H,5H2,1-2H3,(H,15,17)(H,18,19)/t11-/m0/s1. The van der Waals surface area contributed by atoms with Gasteiger partial charge >= 0.3 is 5.97 Å². The number of halogens is 1. The van der Waals surface area contributed by atoms with Crippen LogP contribution in [0.5, 0.6) is 0 Å². The molecule has 1 atom stereocenters. The molecule has 0 spiro atoms. The molecule has 1 aromatic rings. The van der Waals surface area contributed by atoms with Gasteiger partial charge in [0.15, 0.2) is 0 Å². The van der Waals surface area contributed by atoms with Crippen LogP contribution in [-0.4, -0.2) is 27.9 Å². The highest BCUT2D eigenvalue weighted by atomic mass is 79.9. The van der Waals surface area contributed by atoms with Gasteiger partial charge in [-0.3, -0.25) is 14.9 Å². The van der Waals surface area contributed by atoms with Gasteiger partial charge in [0.25, 0.3) is 11.6 Å². The normalized spacial score (nSPS) is 12.0. The van der Waals surface area contributed by atoms with Crippen molar-refractivity contribution in [2.45, 2.75) is 26.3 Å². The molecule has 0 aliphatic heterocycles. The molecule has 0 saturated heterocycles. The summed E-state index contributed by atoms with van der Waals surface area (Å²) in [6.45, 7) is 3.68. The molecule has 8 heteroatoms. The molecular formula is C13H15BrN2O5. The first-order chi connectivity index (χ1) is 9.72. The van der Waals surface area contributed by atoms with Crippen molar-refractivity contribution in [3.63, 3.8) is 0 Å². The Morgan fingerprint density at radius 2 is 2.05 bits per heavy atom. The van der Waals surface area contributed by atoms with Gasteiger partial charge in [-0.05, 0) is 34.3 Å². The highest BCUT2D eigenvalue weighted by Crippen LogP contribution is 2.22. The maximum atomic E-state index is 12.1. The minimum Gasteiger partial charge on any atom is -0.480 e. The molecule has 0 aromatic heterocycles. The second kappa shape index (κ2) is 7.16. The molecule has 0 unspecified atom stereocenters. The van der Waals surface area contributed by atoms with Gasteiger partial charge in [-0.1, -0.05) is 13.8 Å². The third-order valence-corrected chi connectivity index (χ3v) is 3.41. The van der Waals surface area contributed by atoms with Crippen LogP contribution in [0.15, 0.2) is 22.7 Å². The number of benzene rings is 1. The number of rotatable bonds is 6. The summed E-state index contributed by atoms with van der Waals surface area (Å²) < 4.78 is 0.360. The molecule has 0 fully saturated rings. The molecule has 0 aliphatic rings. The number of carbonyl (C=O) groups excluding carboxylic acids is 1. The fraction of sp³-hybridized carbons (Fsp3) is 0.385. The molecule has 2 N–H and O–H groups in total. The first kappa shape index (κ1) is 17.1. The van der Waals surface area contributed by atoms with Crippen molar-refractivity contribution in [3.8, 4) is 0 Å². The summed E-state index contributed by atoms with van der Waals surface area (Å²) in [6.07, 6.45) is 0.271. The second-order valence-electron chi connectivity index (χ2n) is 4.92. The molecule has 1 aromatic carbocycles. The molecule has 0 heterocycles. The number of amides is 1. The molecule has 0 radical (unpaired) electrons. The quantitative estimate of drug-likeness (QED) is 0.599. The molecule has 0 bridgehead atoms. The lowest BCUT2D eigenvalue weighted by Gasteiger charge is -2.16. The van der Waals surface area contributed by atoms with Crippen LogP contribution in [0.3, 0.4) is 0 Å². The van der Waals surface area contributed by atoms with Crippen molar-refractivity contribution in [1.29, 1.82) is 0 Å². The maximum Gasteiger partial charge on any atom is 0.326 e. The van der Waals surface area contributed by atoms with Gasteiger partial charge in [0.1, 0.15) is 6.04 Å². The molecule has 1 amide bonds. The maximum absolute atomic E-state index is 12.1. The number of hydrogen-bond donors (Lipinski definition) is 2. The monoisotopic (exact) mass is 358 g/mol. The number of carboxylic acids is 1. The zero-order chi connectivity index (χ0) is 16.2. The van der Waals surface area contributed by atoms with Gasteiger partial charge in [-0.15, -0.1) is 0 Å². The van der Waals surface area contributed by atoms with E-state index in [9.17, 15) is 19.7 Å². The van der Waals surface area contributed by atoms with Crippen LogP contribution < -0.4 is 5.32 Å². The topological polar surface area (TPSA) is 110 Å². The minimum atomic E-state index is -1.14. The van der Waals surface area contributed by atoms with E-state index in [-0.39, 0.29) is 23.6 Å². The predicted octanol–water partition coefficient (Wildman–Crippen LogP) is 2.59. The minimum absolute atomic E-state index is 0.0270. The first-order valence-corrected chi connectivity index (χ1v) is 6.99. The number of hydrogen-bond acceptors (Lipinski definition) is 4. The number of non-ortho nitro benzene ring substituents is 1. The average Bonchev–Trinajstić information content (AvgIpc) is 2.37. The number of nitrogens with one attached hydrogen (secondary N) is 1. The Bertz CT molecular complexity index is 574. The van der Waals surface area contributed by atoms with Crippen LogP contribution in [0.4, 0.5) is 5.69 Å².